The summed E-state index contributed by atoms with van der Waals surface area (Å²) in [5.74, 6) is 0.332. The van der Waals surface area contributed by atoms with Crippen LogP contribution in [0.2, 0.25) is 10.0 Å². The lowest BCUT2D eigenvalue weighted by molar-refractivity contribution is -0.114. The van der Waals surface area contributed by atoms with Crippen LogP contribution in [0.5, 0.6) is 0 Å². The normalized spacial score (nSPS) is 16.2. The zero-order valence-corrected chi connectivity index (χ0v) is 18.3. The first-order valence-corrected chi connectivity index (χ1v) is 10.6. The Hall–Kier alpha value is -2.75. The molecule has 1 atom stereocenters. The number of amides is 1. The molecule has 3 aromatic carbocycles. The maximum atomic E-state index is 13.4. The second-order valence-electron chi connectivity index (χ2n) is 7.64. The lowest BCUT2D eigenvalue weighted by Crippen LogP contribution is -2.30. The molecule has 1 heterocycles. The molecule has 30 heavy (non-hydrogen) atoms. The van der Waals surface area contributed by atoms with Crippen molar-refractivity contribution in [1.82, 2.24) is 0 Å². The standard InChI is InChI=1S/C25H22Cl2N2O/c1-16(2)17-9-11-18(12-10-17)24-15-23(28-21-7-3-5-19(26)13-21)25(30)29(24)22-8-4-6-20(27)14-22/h3-16,24,28H,1-2H3/t24-/m1/s1. The van der Waals surface area contributed by atoms with Crippen molar-refractivity contribution >= 4 is 40.5 Å². The highest BCUT2D eigenvalue weighted by atomic mass is 35.5. The number of nitrogens with one attached hydrogen (secondary N) is 1. The molecule has 1 N–H and O–H groups in total. The number of benzene rings is 3. The summed E-state index contributed by atoms with van der Waals surface area (Å²) in [7, 11) is 0. The molecule has 1 amide bonds. The zero-order valence-electron chi connectivity index (χ0n) is 16.8. The average molecular weight is 437 g/mol. The molecule has 0 unspecified atom stereocenters. The van der Waals surface area contributed by atoms with E-state index in [0.717, 1.165) is 16.9 Å². The Balaban J connectivity index is 1.73. The summed E-state index contributed by atoms with van der Waals surface area (Å²) < 4.78 is 0. The van der Waals surface area contributed by atoms with Crippen LogP contribution in [0, 0.1) is 0 Å². The van der Waals surface area contributed by atoms with E-state index >= 15 is 0 Å². The van der Waals surface area contributed by atoms with Gasteiger partial charge in [-0.2, -0.15) is 0 Å². The number of hydrogen-bond acceptors (Lipinski definition) is 2. The van der Waals surface area contributed by atoms with E-state index in [0.29, 0.717) is 21.7 Å². The predicted molar refractivity (Wildman–Crippen MR) is 125 cm³/mol. The van der Waals surface area contributed by atoms with Crippen LogP contribution in [-0.4, -0.2) is 5.91 Å². The van der Waals surface area contributed by atoms with Crippen molar-refractivity contribution in [2.24, 2.45) is 0 Å². The van der Waals surface area contributed by atoms with Crippen LogP contribution >= 0.6 is 23.2 Å². The number of anilines is 2. The third kappa shape index (κ3) is 4.23. The van der Waals surface area contributed by atoms with Crippen molar-refractivity contribution in [2.45, 2.75) is 25.8 Å². The van der Waals surface area contributed by atoms with Gasteiger partial charge in [0.1, 0.15) is 5.70 Å². The van der Waals surface area contributed by atoms with Crippen molar-refractivity contribution in [2.75, 3.05) is 10.2 Å². The van der Waals surface area contributed by atoms with Gasteiger partial charge in [0.15, 0.2) is 0 Å². The van der Waals surface area contributed by atoms with Gasteiger partial charge in [-0.1, -0.05) is 73.4 Å². The molecule has 3 aromatic rings. The highest BCUT2D eigenvalue weighted by Crippen LogP contribution is 2.37. The summed E-state index contributed by atoms with van der Waals surface area (Å²) in [5.41, 5.74) is 4.33. The number of halogens is 2. The van der Waals surface area contributed by atoms with E-state index in [9.17, 15) is 4.79 Å². The predicted octanol–water partition coefficient (Wildman–Crippen LogP) is 7.20. The second-order valence-corrected chi connectivity index (χ2v) is 8.51. The Labute approximate surface area is 186 Å². The van der Waals surface area contributed by atoms with Gasteiger partial charge in [0, 0.05) is 21.4 Å². The Morgan fingerprint density at radius 2 is 1.57 bits per heavy atom. The van der Waals surface area contributed by atoms with Crippen LogP contribution in [0.3, 0.4) is 0 Å². The minimum Gasteiger partial charge on any atom is -0.351 e. The fourth-order valence-corrected chi connectivity index (χ4v) is 3.98. The fraction of sp³-hybridized carbons (Fsp3) is 0.160. The van der Waals surface area contributed by atoms with E-state index in [4.69, 9.17) is 23.2 Å². The van der Waals surface area contributed by atoms with Gasteiger partial charge in [-0.05, 0) is 59.5 Å². The van der Waals surface area contributed by atoms with Crippen LogP contribution in [0.25, 0.3) is 0 Å². The SMILES string of the molecule is CC(C)c1ccc([C@H]2C=C(Nc3cccc(Cl)c3)C(=O)N2c2cccc(Cl)c2)cc1. The molecular weight excluding hydrogens is 415 g/mol. The van der Waals surface area contributed by atoms with E-state index in [1.807, 2.05) is 36.4 Å². The van der Waals surface area contributed by atoms with Crippen molar-refractivity contribution < 1.29 is 4.79 Å². The molecule has 1 aliphatic heterocycles. The minimum atomic E-state index is -0.237. The molecule has 0 saturated carbocycles. The second kappa shape index (κ2) is 8.55. The maximum Gasteiger partial charge on any atom is 0.275 e. The summed E-state index contributed by atoms with van der Waals surface area (Å²) in [6.45, 7) is 4.33. The maximum absolute atomic E-state index is 13.4. The molecule has 0 aliphatic carbocycles. The van der Waals surface area contributed by atoms with Crippen molar-refractivity contribution in [3.63, 3.8) is 0 Å². The first-order chi connectivity index (χ1) is 14.4. The molecule has 3 nitrogen and oxygen atoms in total. The van der Waals surface area contributed by atoms with Crippen molar-refractivity contribution in [3.8, 4) is 0 Å². The number of hydrogen-bond donors (Lipinski definition) is 1. The van der Waals surface area contributed by atoms with Gasteiger partial charge in [-0.25, -0.2) is 0 Å². The highest BCUT2D eigenvalue weighted by molar-refractivity contribution is 6.31. The van der Waals surface area contributed by atoms with E-state index < -0.39 is 0 Å². The van der Waals surface area contributed by atoms with Gasteiger partial charge in [-0.15, -0.1) is 0 Å². The molecule has 4 rings (SSSR count). The molecule has 1 aliphatic rings. The Morgan fingerprint density at radius 3 is 2.20 bits per heavy atom. The van der Waals surface area contributed by atoms with Gasteiger partial charge in [0.05, 0.1) is 6.04 Å². The van der Waals surface area contributed by atoms with Gasteiger partial charge in [0.2, 0.25) is 0 Å². The van der Waals surface area contributed by atoms with E-state index in [-0.39, 0.29) is 11.9 Å². The summed E-state index contributed by atoms with van der Waals surface area (Å²) >= 11 is 12.3. The van der Waals surface area contributed by atoms with Gasteiger partial charge < -0.3 is 5.32 Å². The van der Waals surface area contributed by atoms with Crippen molar-refractivity contribution in [3.05, 3.63) is 106 Å². The lowest BCUT2D eigenvalue weighted by atomic mass is 9.99. The van der Waals surface area contributed by atoms with Crippen molar-refractivity contribution in [1.29, 1.82) is 0 Å². The largest absolute Gasteiger partial charge is 0.351 e. The number of rotatable bonds is 5. The summed E-state index contributed by atoms with van der Waals surface area (Å²) in [6, 6.07) is 22.9. The average Bonchev–Trinajstić information content (AvgIpc) is 3.04. The fourth-order valence-electron chi connectivity index (χ4n) is 3.60. The van der Waals surface area contributed by atoms with Crippen LogP contribution in [0.4, 0.5) is 11.4 Å². The Morgan fingerprint density at radius 1 is 0.900 bits per heavy atom. The van der Waals surface area contributed by atoms with E-state index in [1.165, 1.54) is 5.56 Å². The third-order valence-electron chi connectivity index (χ3n) is 5.19. The molecule has 0 bridgehead atoms. The molecule has 5 heteroatoms. The molecular formula is C25H22Cl2N2O. The molecule has 0 saturated heterocycles. The zero-order chi connectivity index (χ0) is 21.3. The molecule has 0 radical (unpaired) electrons. The van der Waals surface area contributed by atoms with E-state index in [1.54, 1.807) is 23.1 Å². The third-order valence-corrected chi connectivity index (χ3v) is 5.66. The first-order valence-electron chi connectivity index (χ1n) is 9.86. The monoisotopic (exact) mass is 436 g/mol. The number of carbonyl (C=O) groups excluding carboxylic acids is 1. The number of nitrogens with zero attached hydrogens (tertiary/aromatic N) is 1. The van der Waals surface area contributed by atoms with Gasteiger partial charge in [0.25, 0.3) is 5.91 Å². The van der Waals surface area contributed by atoms with Crippen LogP contribution in [-0.2, 0) is 4.79 Å². The Kier molecular flexibility index (Phi) is 5.85. The Bertz CT molecular complexity index is 1110. The molecule has 152 valence electrons. The minimum absolute atomic E-state index is 0.116. The topological polar surface area (TPSA) is 32.3 Å². The molecule has 0 fully saturated rings. The molecule has 0 spiro atoms. The molecule has 0 aromatic heterocycles. The van der Waals surface area contributed by atoms with Gasteiger partial charge >= 0.3 is 0 Å². The first kappa shape index (κ1) is 20.5. The van der Waals surface area contributed by atoms with Gasteiger partial charge in [-0.3, -0.25) is 9.69 Å². The number of carbonyl (C=O) groups is 1. The smallest absolute Gasteiger partial charge is 0.275 e. The quantitative estimate of drug-likeness (QED) is 0.458. The summed E-state index contributed by atoms with van der Waals surface area (Å²) in [5, 5.41) is 4.43. The lowest BCUT2D eigenvalue weighted by Gasteiger charge is -2.25. The van der Waals surface area contributed by atoms with E-state index in [2.05, 4.69) is 43.4 Å². The van der Waals surface area contributed by atoms with Crippen LogP contribution < -0.4 is 10.2 Å². The highest BCUT2D eigenvalue weighted by Gasteiger charge is 2.35. The summed E-state index contributed by atoms with van der Waals surface area (Å²) in [6.07, 6.45) is 1.95. The van der Waals surface area contributed by atoms with Crippen LogP contribution in [0.1, 0.15) is 36.9 Å². The van der Waals surface area contributed by atoms with Crippen LogP contribution in [0.15, 0.2) is 84.6 Å². The summed E-state index contributed by atoms with van der Waals surface area (Å²) in [4.78, 5) is 15.2.